The monoisotopic (exact) mass is 452 g/mol. The molecule has 7 nitrogen and oxygen atoms in total. The van der Waals surface area contributed by atoms with E-state index < -0.39 is 10.0 Å². The van der Waals surface area contributed by atoms with Gasteiger partial charge in [-0.25, -0.2) is 17.8 Å². The minimum atomic E-state index is -3.64. The molecule has 0 bridgehead atoms. The summed E-state index contributed by atoms with van der Waals surface area (Å²) in [6.07, 6.45) is 1.70. The Bertz CT molecular complexity index is 1220. The van der Waals surface area contributed by atoms with Crippen LogP contribution in [0.2, 0.25) is 0 Å². The van der Waals surface area contributed by atoms with Gasteiger partial charge in [-0.05, 0) is 36.6 Å². The van der Waals surface area contributed by atoms with Gasteiger partial charge in [0.2, 0.25) is 10.0 Å². The molecule has 8 heteroatoms. The SMILES string of the molecule is CC(C)(C)c1cc(NC(=O)c2cccc(S(=O)(=O)NC3CC3)c2)n(Cc2ccccc2)n1. The Hall–Kier alpha value is -2.97. The van der Waals surface area contributed by atoms with Crippen molar-refractivity contribution in [2.45, 2.75) is 56.5 Å². The van der Waals surface area contributed by atoms with Crippen molar-refractivity contribution in [3.63, 3.8) is 0 Å². The Kier molecular flexibility index (Phi) is 5.92. The first-order valence-corrected chi connectivity index (χ1v) is 12.2. The molecule has 1 saturated carbocycles. The van der Waals surface area contributed by atoms with E-state index in [1.54, 1.807) is 16.8 Å². The van der Waals surface area contributed by atoms with E-state index in [9.17, 15) is 13.2 Å². The number of carbonyl (C=O) groups excluding carboxylic acids is 1. The maximum Gasteiger partial charge on any atom is 0.256 e. The molecule has 4 rings (SSSR count). The second kappa shape index (κ2) is 8.52. The van der Waals surface area contributed by atoms with Crippen LogP contribution >= 0.6 is 0 Å². The Morgan fingerprint density at radius 1 is 1.06 bits per heavy atom. The summed E-state index contributed by atoms with van der Waals surface area (Å²) in [4.78, 5) is 13.1. The van der Waals surface area contributed by atoms with Crippen LogP contribution in [0.3, 0.4) is 0 Å². The summed E-state index contributed by atoms with van der Waals surface area (Å²) in [5, 5.41) is 7.63. The maximum atomic E-state index is 13.0. The van der Waals surface area contributed by atoms with E-state index in [1.807, 2.05) is 36.4 Å². The number of carbonyl (C=O) groups is 1. The molecular weight excluding hydrogens is 424 g/mol. The lowest BCUT2D eigenvalue weighted by Crippen LogP contribution is -2.26. The summed E-state index contributed by atoms with van der Waals surface area (Å²) in [6, 6.07) is 17.8. The van der Waals surface area contributed by atoms with Crippen molar-refractivity contribution < 1.29 is 13.2 Å². The van der Waals surface area contributed by atoms with Crippen LogP contribution in [-0.4, -0.2) is 30.1 Å². The molecule has 1 aromatic heterocycles. The van der Waals surface area contributed by atoms with E-state index in [1.165, 1.54) is 12.1 Å². The van der Waals surface area contributed by atoms with E-state index in [0.29, 0.717) is 12.4 Å². The van der Waals surface area contributed by atoms with Crippen molar-refractivity contribution in [2.24, 2.45) is 0 Å². The fraction of sp³-hybridized carbons (Fsp3) is 0.333. The predicted molar refractivity (Wildman–Crippen MR) is 124 cm³/mol. The summed E-state index contributed by atoms with van der Waals surface area (Å²) in [6.45, 7) is 6.70. The molecule has 0 aliphatic heterocycles. The van der Waals surface area contributed by atoms with Crippen molar-refractivity contribution >= 4 is 21.7 Å². The molecule has 1 heterocycles. The van der Waals surface area contributed by atoms with Crippen LogP contribution in [0.15, 0.2) is 65.6 Å². The maximum absolute atomic E-state index is 13.0. The average molecular weight is 453 g/mol. The molecule has 168 valence electrons. The molecule has 2 aromatic carbocycles. The van der Waals surface area contributed by atoms with Crippen molar-refractivity contribution in [3.8, 4) is 0 Å². The largest absolute Gasteiger partial charge is 0.307 e. The summed E-state index contributed by atoms with van der Waals surface area (Å²) >= 11 is 0. The van der Waals surface area contributed by atoms with E-state index in [2.05, 4.69) is 30.8 Å². The van der Waals surface area contributed by atoms with E-state index >= 15 is 0 Å². The number of sulfonamides is 1. The lowest BCUT2D eigenvalue weighted by molar-refractivity contribution is 0.102. The highest BCUT2D eigenvalue weighted by molar-refractivity contribution is 7.89. The fourth-order valence-electron chi connectivity index (χ4n) is 3.24. The smallest absolute Gasteiger partial charge is 0.256 e. The Morgan fingerprint density at radius 2 is 1.78 bits per heavy atom. The second-order valence-electron chi connectivity index (χ2n) is 9.19. The zero-order valence-electron chi connectivity index (χ0n) is 18.5. The first-order valence-electron chi connectivity index (χ1n) is 10.7. The normalized spacial score (nSPS) is 14.3. The zero-order chi connectivity index (χ0) is 22.9. The number of nitrogens with zero attached hydrogens (tertiary/aromatic N) is 2. The Balaban J connectivity index is 1.60. The van der Waals surface area contributed by atoms with Gasteiger partial charge < -0.3 is 5.32 Å². The van der Waals surface area contributed by atoms with Gasteiger partial charge in [-0.3, -0.25) is 4.79 Å². The lowest BCUT2D eigenvalue weighted by Gasteiger charge is -2.14. The molecule has 0 saturated heterocycles. The van der Waals surface area contributed by atoms with Crippen LogP contribution in [0.1, 0.15) is 55.2 Å². The molecule has 1 amide bonds. The standard InChI is InChI=1S/C24H28N4O3S/c1-24(2,3)21-15-22(28(26-21)16-17-8-5-4-6-9-17)25-23(29)18-10-7-11-20(14-18)32(30,31)27-19-12-13-19/h4-11,14-15,19,27H,12-13,16H2,1-3H3,(H,25,29). The number of hydrogen-bond acceptors (Lipinski definition) is 4. The van der Waals surface area contributed by atoms with Crippen LogP contribution in [0.4, 0.5) is 5.82 Å². The van der Waals surface area contributed by atoms with Gasteiger partial charge in [0, 0.05) is 23.1 Å². The van der Waals surface area contributed by atoms with Crippen molar-refractivity contribution in [1.82, 2.24) is 14.5 Å². The molecule has 1 fully saturated rings. The summed E-state index contributed by atoms with van der Waals surface area (Å²) in [5.41, 5.74) is 2.00. The van der Waals surface area contributed by atoms with Gasteiger partial charge in [0.1, 0.15) is 5.82 Å². The first kappa shape index (κ1) is 22.2. The molecule has 0 atom stereocenters. The third-order valence-electron chi connectivity index (χ3n) is 5.27. The van der Waals surface area contributed by atoms with Crippen molar-refractivity contribution in [3.05, 3.63) is 77.5 Å². The van der Waals surface area contributed by atoms with Crippen molar-refractivity contribution in [1.29, 1.82) is 0 Å². The Labute approximate surface area is 188 Å². The van der Waals surface area contributed by atoms with Crippen LogP contribution < -0.4 is 10.0 Å². The first-order chi connectivity index (χ1) is 15.1. The summed E-state index contributed by atoms with van der Waals surface area (Å²) in [5.74, 6) is 0.177. The van der Waals surface area contributed by atoms with E-state index in [4.69, 9.17) is 5.10 Å². The van der Waals surface area contributed by atoms with Gasteiger partial charge in [-0.15, -0.1) is 0 Å². The molecule has 1 aliphatic rings. The third-order valence-corrected chi connectivity index (χ3v) is 6.79. The average Bonchev–Trinajstić information content (AvgIpc) is 3.46. The topological polar surface area (TPSA) is 93.1 Å². The second-order valence-corrected chi connectivity index (χ2v) is 10.9. The number of aromatic nitrogens is 2. The van der Waals surface area contributed by atoms with Gasteiger partial charge in [0.25, 0.3) is 5.91 Å². The highest BCUT2D eigenvalue weighted by Crippen LogP contribution is 2.26. The molecular formula is C24H28N4O3S. The number of nitrogens with one attached hydrogen (secondary N) is 2. The molecule has 0 unspecified atom stereocenters. The lowest BCUT2D eigenvalue weighted by atomic mass is 9.92. The van der Waals surface area contributed by atoms with E-state index in [-0.39, 0.29) is 27.8 Å². The number of anilines is 1. The Morgan fingerprint density at radius 3 is 2.44 bits per heavy atom. The van der Waals surface area contributed by atoms with Gasteiger partial charge in [-0.1, -0.05) is 57.2 Å². The molecule has 2 N–H and O–H groups in total. The number of amides is 1. The van der Waals surface area contributed by atoms with Crippen LogP contribution in [0, 0.1) is 0 Å². The quantitative estimate of drug-likeness (QED) is 0.568. The number of hydrogen-bond donors (Lipinski definition) is 2. The minimum absolute atomic E-state index is 0.000592. The number of benzene rings is 2. The molecule has 0 radical (unpaired) electrons. The molecule has 32 heavy (non-hydrogen) atoms. The van der Waals surface area contributed by atoms with E-state index in [0.717, 1.165) is 24.1 Å². The van der Waals surface area contributed by atoms with Gasteiger partial charge >= 0.3 is 0 Å². The molecule has 1 aliphatic carbocycles. The van der Waals surface area contributed by atoms with Gasteiger partial charge in [-0.2, -0.15) is 5.10 Å². The third kappa shape index (κ3) is 5.26. The van der Waals surface area contributed by atoms with Crippen molar-refractivity contribution in [2.75, 3.05) is 5.32 Å². The van der Waals surface area contributed by atoms with Crippen LogP contribution in [0.5, 0.6) is 0 Å². The van der Waals surface area contributed by atoms with Gasteiger partial charge in [0.15, 0.2) is 0 Å². The molecule has 0 spiro atoms. The number of rotatable bonds is 7. The molecule has 3 aromatic rings. The van der Waals surface area contributed by atoms with Crippen LogP contribution in [0.25, 0.3) is 0 Å². The van der Waals surface area contributed by atoms with Gasteiger partial charge in [0.05, 0.1) is 17.1 Å². The highest BCUT2D eigenvalue weighted by Gasteiger charge is 2.28. The zero-order valence-corrected chi connectivity index (χ0v) is 19.3. The predicted octanol–water partition coefficient (Wildman–Crippen LogP) is 3.92. The van der Waals surface area contributed by atoms with Crippen LogP contribution in [-0.2, 0) is 22.0 Å². The summed E-state index contributed by atoms with van der Waals surface area (Å²) < 4.78 is 29.5. The fourth-order valence-corrected chi connectivity index (χ4v) is 4.59. The minimum Gasteiger partial charge on any atom is -0.307 e. The summed E-state index contributed by atoms with van der Waals surface area (Å²) in [7, 11) is -3.64. The highest BCUT2D eigenvalue weighted by atomic mass is 32.2.